The van der Waals surface area contributed by atoms with Crippen molar-refractivity contribution in [2.24, 2.45) is 5.92 Å². The molecule has 1 heteroatoms. The molecule has 3 rings (SSSR count). The first kappa shape index (κ1) is 7.57. The molecule has 68 valence electrons. The van der Waals surface area contributed by atoms with E-state index in [1.165, 1.54) is 19.3 Å². The fraction of sp³-hybridized carbons (Fsp3) is 0.500. The minimum atomic E-state index is 0.758. The van der Waals surface area contributed by atoms with Gasteiger partial charge in [0.05, 0.1) is 0 Å². The van der Waals surface area contributed by atoms with Crippen LogP contribution < -0.4 is 5.32 Å². The molecule has 0 aromatic rings. The summed E-state index contributed by atoms with van der Waals surface area (Å²) in [6, 6.07) is 0.758. The van der Waals surface area contributed by atoms with Crippen molar-refractivity contribution in [3.63, 3.8) is 0 Å². The van der Waals surface area contributed by atoms with Crippen LogP contribution in [0.5, 0.6) is 0 Å². The third-order valence-electron chi connectivity index (χ3n) is 3.43. The van der Waals surface area contributed by atoms with Crippen molar-refractivity contribution >= 4 is 0 Å². The molecule has 0 amide bonds. The zero-order valence-corrected chi connectivity index (χ0v) is 7.79. The molecule has 1 saturated carbocycles. The second-order valence-corrected chi connectivity index (χ2v) is 4.26. The van der Waals surface area contributed by atoms with Gasteiger partial charge in [-0.3, -0.25) is 0 Å². The summed E-state index contributed by atoms with van der Waals surface area (Å²) in [5, 5.41) is 3.56. The van der Waals surface area contributed by atoms with Crippen LogP contribution in [0.25, 0.3) is 0 Å². The van der Waals surface area contributed by atoms with Crippen LogP contribution in [0.2, 0.25) is 0 Å². The first-order valence-corrected chi connectivity index (χ1v) is 5.23. The maximum atomic E-state index is 3.56. The summed E-state index contributed by atoms with van der Waals surface area (Å²) in [7, 11) is 0. The monoisotopic (exact) mass is 173 g/mol. The fourth-order valence-electron chi connectivity index (χ4n) is 2.79. The van der Waals surface area contributed by atoms with E-state index in [4.69, 9.17) is 0 Å². The van der Waals surface area contributed by atoms with Crippen molar-refractivity contribution < 1.29 is 0 Å². The van der Waals surface area contributed by atoms with E-state index in [0.717, 1.165) is 18.5 Å². The Balaban J connectivity index is 2.01. The number of nitrogens with one attached hydrogen (secondary N) is 1. The van der Waals surface area contributed by atoms with Gasteiger partial charge in [0.1, 0.15) is 0 Å². The second kappa shape index (κ2) is 2.85. The summed E-state index contributed by atoms with van der Waals surface area (Å²) < 4.78 is 0. The van der Waals surface area contributed by atoms with Crippen LogP contribution in [-0.4, -0.2) is 12.6 Å². The van der Waals surface area contributed by atoms with Gasteiger partial charge in [0.25, 0.3) is 0 Å². The topological polar surface area (TPSA) is 12.0 Å². The van der Waals surface area contributed by atoms with E-state index in [0.29, 0.717) is 0 Å². The zero-order chi connectivity index (χ0) is 8.67. The predicted octanol–water partition coefficient (Wildman–Crippen LogP) is 2.18. The molecule has 0 aromatic heterocycles. The molecule has 1 aliphatic heterocycles. The van der Waals surface area contributed by atoms with Crippen LogP contribution in [0.1, 0.15) is 19.3 Å². The lowest BCUT2D eigenvalue weighted by molar-refractivity contribution is 0.380. The third-order valence-corrected chi connectivity index (χ3v) is 3.43. The van der Waals surface area contributed by atoms with Gasteiger partial charge in [0.2, 0.25) is 0 Å². The average Bonchev–Trinajstić information content (AvgIpc) is 2.18. The van der Waals surface area contributed by atoms with Crippen molar-refractivity contribution in [3.05, 3.63) is 35.5 Å². The summed E-state index contributed by atoms with van der Waals surface area (Å²) in [6.45, 7) is 1.08. The SMILES string of the molecule is C1=CCC2CC3CC(=CCN3)C2=C1. The number of hydrogen-bond donors (Lipinski definition) is 1. The normalized spacial score (nSPS) is 36.3. The summed E-state index contributed by atoms with van der Waals surface area (Å²) in [4.78, 5) is 0. The van der Waals surface area contributed by atoms with Gasteiger partial charge in [-0.2, -0.15) is 0 Å². The van der Waals surface area contributed by atoms with Crippen LogP contribution in [0.15, 0.2) is 35.5 Å². The van der Waals surface area contributed by atoms with E-state index in [1.54, 1.807) is 11.1 Å². The van der Waals surface area contributed by atoms with Crippen LogP contribution in [0.3, 0.4) is 0 Å². The molecule has 0 aromatic carbocycles. The van der Waals surface area contributed by atoms with Gasteiger partial charge in [0, 0.05) is 12.6 Å². The second-order valence-electron chi connectivity index (χ2n) is 4.26. The highest BCUT2D eigenvalue weighted by Gasteiger charge is 2.30. The fourth-order valence-corrected chi connectivity index (χ4v) is 2.79. The zero-order valence-electron chi connectivity index (χ0n) is 7.79. The average molecular weight is 173 g/mol. The molecular formula is C12H15N. The van der Waals surface area contributed by atoms with E-state index in [2.05, 4.69) is 29.6 Å². The van der Waals surface area contributed by atoms with E-state index >= 15 is 0 Å². The molecular weight excluding hydrogens is 158 g/mol. The lowest BCUT2D eigenvalue weighted by Crippen LogP contribution is -2.39. The standard InChI is InChI=1S/C12H15N/c1-2-4-12-9(3-1)7-11-8-10(12)5-6-13-11/h1-2,4-5,9,11,13H,3,6-8H2. The molecule has 13 heavy (non-hydrogen) atoms. The van der Waals surface area contributed by atoms with Crippen LogP contribution in [-0.2, 0) is 0 Å². The largest absolute Gasteiger partial charge is 0.310 e. The molecule has 3 aliphatic rings. The van der Waals surface area contributed by atoms with Gasteiger partial charge in [-0.05, 0) is 36.3 Å². The maximum absolute atomic E-state index is 3.56. The Morgan fingerprint density at radius 3 is 3.38 bits per heavy atom. The molecule has 1 fully saturated rings. The maximum Gasteiger partial charge on any atom is 0.0143 e. The Hall–Kier alpha value is -0.820. The Morgan fingerprint density at radius 1 is 1.38 bits per heavy atom. The lowest BCUT2D eigenvalue weighted by atomic mass is 9.73. The van der Waals surface area contributed by atoms with Crippen LogP contribution in [0, 0.1) is 5.92 Å². The number of allylic oxidation sites excluding steroid dienone is 4. The van der Waals surface area contributed by atoms with Gasteiger partial charge < -0.3 is 5.32 Å². The summed E-state index contributed by atoms with van der Waals surface area (Å²) in [6.07, 6.45) is 13.1. The van der Waals surface area contributed by atoms with Crippen LogP contribution in [0.4, 0.5) is 0 Å². The van der Waals surface area contributed by atoms with Gasteiger partial charge in [-0.25, -0.2) is 0 Å². The van der Waals surface area contributed by atoms with Crippen molar-refractivity contribution in [1.82, 2.24) is 5.32 Å². The summed E-state index contributed by atoms with van der Waals surface area (Å²) in [5.74, 6) is 0.808. The number of fused-ring (bicyclic) bond motifs is 4. The van der Waals surface area contributed by atoms with Crippen molar-refractivity contribution in [1.29, 1.82) is 0 Å². The molecule has 0 radical (unpaired) electrons. The first-order chi connectivity index (χ1) is 6.43. The Kier molecular flexibility index (Phi) is 1.66. The predicted molar refractivity (Wildman–Crippen MR) is 54.4 cm³/mol. The molecule has 1 heterocycles. The summed E-state index contributed by atoms with van der Waals surface area (Å²) in [5.41, 5.74) is 3.24. The minimum Gasteiger partial charge on any atom is -0.310 e. The quantitative estimate of drug-likeness (QED) is 0.592. The Bertz CT molecular complexity index is 309. The highest BCUT2D eigenvalue weighted by Crippen LogP contribution is 2.39. The molecule has 2 unspecified atom stereocenters. The number of rotatable bonds is 0. The van der Waals surface area contributed by atoms with Crippen molar-refractivity contribution in [2.45, 2.75) is 25.3 Å². The van der Waals surface area contributed by atoms with Gasteiger partial charge in [0.15, 0.2) is 0 Å². The molecule has 2 bridgehead atoms. The highest BCUT2D eigenvalue weighted by atomic mass is 14.9. The highest BCUT2D eigenvalue weighted by molar-refractivity contribution is 5.42. The van der Waals surface area contributed by atoms with E-state index in [-0.39, 0.29) is 0 Å². The molecule has 2 atom stereocenters. The molecule has 0 saturated heterocycles. The Morgan fingerprint density at radius 2 is 2.38 bits per heavy atom. The molecule has 1 N–H and O–H groups in total. The summed E-state index contributed by atoms with van der Waals surface area (Å²) >= 11 is 0. The number of hydrogen-bond acceptors (Lipinski definition) is 1. The van der Waals surface area contributed by atoms with E-state index in [9.17, 15) is 0 Å². The molecule has 0 spiro atoms. The smallest absolute Gasteiger partial charge is 0.0143 e. The van der Waals surface area contributed by atoms with Gasteiger partial charge >= 0.3 is 0 Å². The first-order valence-electron chi connectivity index (χ1n) is 5.23. The van der Waals surface area contributed by atoms with E-state index < -0.39 is 0 Å². The molecule has 1 nitrogen and oxygen atoms in total. The van der Waals surface area contributed by atoms with E-state index in [1.807, 2.05) is 0 Å². The minimum absolute atomic E-state index is 0.758. The molecule has 2 aliphatic carbocycles. The van der Waals surface area contributed by atoms with Crippen molar-refractivity contribution in [3.8, 4) is 0 Å². The van der Waals surface area contributed by atoms with Gasteiger partial charge in [-0.15, -0.1) is 0 Å². The third kappa shape index (κ3) is 1.19. The van der Waals surface area contributed by atoms with Gasteiger partial charge in [-0.1, -0.05) is 24.3 Å². The van der Waals surface area contributed by atoms with Crippen LogP contribution >= 0.6 is 0 Å². The van der Waals surface area contributed by atoms with Crippen molar-refractivity contribution in [2.75, 3.05) is 6.54 Å². The Labute approximate surface area is 79.2 Å². The lowest BCUT2D eigenvalue weighted by Gasteiger charge is -2.37.